The Morgan fingerprint density at radius 1 is 1.46 bits per heavy atom. The van der Waals surface area contributed by atoms with E-state index in [0.29, 0.717) is 24.6 Å². The molecule has 1 aliphatic heterocycles. The summed E-state index contributed by atoms with van der Waals surface area (Å²) in [5, 5.41) is 2.81. The lowest BCUT2D eigenvalue weighted by atomic mass is 10.1. The standard InChI is InChI=1S/C17H19FN4O2/c18-15-9-19-6-3-13(15)11-22-7-4-12(10-22)8-21-17(24)14-2-1-5-20-16(14)23/h1-3,5-6,9,12H,4,7-8,10-11H2,(H,20,23)(H,21,24)/t12-/m0/s1. The second-order valence-corrected chi connectivity index (χ2v) is 5.98. The Morgan fingerprint density at radius 3 is 3.12 bits per heavy atom. The molecule has 3 heterocycles. The van der Waals surface area contributed by atoms with Crippen LogP contribution in [0.15, 0.2) is 41.6 Å². The van der Waals surface area contributed by atoms with Crippen molar-refractivity contribution >= 4 is 5.91 Å². The highest BCUT2D eigenvalue weighted by atomic mass is 19.1. The fourth-order valence-electron chi connectivity index (χ4n) is 2.93. The molecule has 2 N–H and O–H groups in total. The number of hydrogen-bond donors (Lipinski definition) is 2. The fourth-order valence-corrected chi connectivity index (χ4v) is 2.93. The lowest BCUT2D eigenvalue weighted by molar-refractivity contribution is 0.0945. The number of carbonyl (C=O) groups excluding carboxylic acids is 1. The summed E-state index contributed by atoms with van der Waals surface area (Å²) in [6, 6.07) is 4.81. The summed E-state index contributed by atoms with van der Waals surface area (Å²) in [5.41, 5.74) is 0.355. The SMILES string of the molecule is O=C(NC[C@@H]1CCN(Cc2ccncc2F)C1)c1ccc[nH]c1=O. The van der Waals surface area contributed by atoms with Crippen molar-refractivity contribution in [2.45, 2.75) is 13.0 Å². The van der Waals surface area contributed by atoms with Gasteiger partial charge in [0.2, 0.25) is 0 Å². The topological polar surface area (TPSA) is 78.1 Å². The third-order valence-corrected chi connectivity index (χ3v) is 4.23. The quantitative estimate of drug-likeness (QED) is 0.862. The molecule has 7 heteroatoms. The number of aromatic nitrogens is 2. The summed E-state index contributed by atoms with van der Waals surface area (Å²) < 4.78 is 13.6. The van der Waals surface area contributed by atoms with Gasteiger partial charge in [-0.2, -0.15) is 0 Å². The van der Waals surface area contributed by atoms with E-state index in [-0.39, 0.29) is 17.3 Å². The highest BCUT2D eigenvalue weighted by molar-refractivity contribution is 5.93. The number of H-pyrrole nitrogens is 1. The van der Waals surface area contributed by atoms with E-state index in [4.69, 9.17) is 0 Å². The van der Waals surface area contributed by atoms with Crippen molar-refractivity contribution in [3.8, 4) is 0 Å². The number of halogens is 1. The highest BCUT2D eigenvalue weighted by Gasteiger charge is 2.24. The van der Waals surface area contributed by atoms with Gasteiger partial charge in [0.1, 0.15) is 11.4 Å². The Bertz CT molecular complexity index is 777. The maximum absolute atomic E-state index is 13.6. The molecule has 0 saturated carbocycles. The summed E-state index contributed by atoms with van der Waals surface area (Å²) in [7, 11) is 0. The first-order valence-electron chi connectivity index (χ1n) is 7.90. The van der Waals surface area contributed by atoms with E-state index in [9.17, 15) is 14.0 Å². The van der Waals surface area contributed by atoms with E-state index in [1.54, 1.807) is 18.3 Å². The Labute approximate surface area is 138 Å². The van der Waals surface area contributed by atoms with Gasteiger partial charge in [0.15, 0.2) is 0 Å². The molecule has 1 fully saturated rings. The van der Waals surface area contributed by atoms with Gasteiger partial charge >= 0.3 is 0 Å². The number of hydrogen-bond acceptors (Lipinski definition) is 4. The van der Waals surface area contributed by atoms with Crippen molar-refractivity contribution in [3.63, 3.8) is 0 Å². The average Bonchev–Trinajstić information content (AvgIpc) is 3.03. The van der Waals surface area contributed by atoms with Gasteiger partial charge in [-0.3, -0.25) is 19.5 Å². The summed E-state index contributed by atoms with van der Waals surface area (Å²) in [4.78, 5) is 32.0. The number of aromatic amines is 1. The van der Waals surface area contributed by atoms with Gasteiger partial charge in [0, 0.05) is 37.6 Å². The summed E-state index contributed by atoms with van der Waals surface area (Å²) >= 11 is 0. The third-order valence-electron chi connectivity index (χ3n) is 4.23. The van der Waals surface area contributed by atoms with Crippen LogP contribution >= 0.6 is 0 Å². The van der Waals surface area contributed by atoms with Crippen molar-refractivity contribution in [3.05, 3.63) is 64.1 Å². The smallest absolute Gasteiger partial charge is 0.260 e. The van der Waals surface area contributed by atoms with Gasteiger partial charge in [-0.05, 0) is 37.1 Å². The zero-order valence-corrected chi connectivity index (χ0v) is 13.2. The predicted molar refractivity (Wildman–Crippen MR) is 87.0 cm³/mol. The molecule has 0 aliphatic carbocycles. The van der Waals surface area contributed by atoms with E-state index in [0.717, 1.165) is 19.5 Å². The molecule has 1 aliphatic rings. The maximum atomic E-state index is 13.6. The highest BCUT2D eigenvalue weighted by Crippen LogP contribution is 2.19. The Morgan fingerprint density at radius 2 is 2.33 bits per heavy atom. The number of pyridine rings is 2. The van der Waals surface area contributed by atoms with Crippen LogP contribution in [0.5, 0.6) is 0 Å². The van der Waals surface area contributed by atoms with Gasteiger partial charge in [-0.1, -0.05) is 0 Å². The van der Waals surface area contributed by atoms with Crippen molar-refractivity contribution in [1.29, 1.82) is 0 Å². The van der Waals surface area contributed by atoms with Crippen LogP contribution in [0.4, 0.5) is 4.39 Å². The Balaban J connectivity index is 1.50. The molecule has 1 amide bonds. The van der Waals surface area contributed by atoms with Crippen LogP contribution in [-0.4, -0.2) is 40.4 Å². The molecule has 0 unspecified atom stereocenters. The largest absolute Gasteiger partial charge is 0.352 e. The molecule has 6 nitrogen and oxygen atoms in total. The molecular formula is C17H19FN4O2. The molecule has 0 spiro atoms. The van der Waals surface area contributed by atoms with Crippen molar-refractivity contribution in [2.75, 3.05) is 19.6 Å². The molecule has 0 aromatic carbocycles. The first kappa shape index (κ1) is 16.3. The third kappa shape index (κ3) is 3.86. The summed E-state index contributed by atoms with van der Waals surface area (Å²) in [5.74, 6) is -0.366. The van der Waals surface area contributed by atoms with Gasteiger partial charge in [0.25, 0.3) is 11.5 Å². The van der Waals surface area contributed by atoms with E-state index in [2.05, 4.69) is 20.2 Å². The second kappa shape index (κ2) is 7.35. The van der Waals surface area contributed by atoms with Crippen molar-refractivity contribution < 1.29 is 9.18 Å². The van der Waals surface area contributed by atoms with Crippen LogP contribution in [-0.2, 0) is 6.54 Å². The van der Waals surface area contributed by atoms with Crippen LogP contribution in [0, 0.1) is 11.7 Å². The van der Waals surface area contributed by atoms with Gasteiger partial charge in [0.05, 0.1) is 6.20 Å². The molecule has 2 aromatic heterocycles. The van der Waals surface area contributed by atoms with Crippen LogP contribution in [0.3, 0.4) is 0 Å². The Hall–Kier alpha value is -2.54. The van der Waals surface area contributed by atoms with Crippen LogP contribution in [0.1, 0.15) is 22.3 Å². The molecular weight excluding hydrogens is 311 g/mol. The zero-order valence-electron chi connectivity index (χ0n) is 13.2. The normalized spacial score (nSPS) is 17.8. The number of nitrogens with one attached hydrogen (secondary N) is 2. The molecule has 2 aromatic rings. The molecule has 24 heavy (non-hydrogen) atoms. The monoisotopic (exact) mass is 330 g/mol. The lowest BCUT2D eigenvalue weighted by Gasteiger charge is -2.16. The Kier molecular flexibility index (Phi) is 5.00. The average molecular weight is 330 g/mol. The number of likely N-dealkylation sites (tertiary alicyclic amines) is 1. The number of carbonyl (C=O) groups is 1. The van der Waals surface area contributed by atoms with E-state index >= 15 is 0 Å². The van der Waals surface area contributed by atoms with Crippen molar-refractivity contribution in [2.24, 2.45) is 5.92 Å². The van der Waals surface area contributed by atoms with Crippen LogP contribution in [0.2, 0.25) is 0 Å². The molecule has 0 bridgehead atoms. The number of nitrogens with zero attached hydrogens (tertiary/aromatic N) is 2. The summed E-state index contributed by atoms with van der Waals surface area (Å²) in [6.45, 7) is 2.68. The minimum Gasteiger partial charge on any atom is -0.352 e. The second-order valence-electron chi connectivity index (χ2n) is 5.98. The molecule has 0 radical (unpaired) electrons. The first-order valence-corrected chi connectivity index (χ1v) is 7.90. The minimum atomic E-state index is -0.392. The lowest BCUT2D eigenvalue weighted by Crippen LogP contribution is -2.34. The summed E-state index contributed by atoms with van der Waals surface area (Å²) in [6.07, 6.45) is 5.23. The van der Waals surface area contributed by atoms with E-state index in [1.807, 2.05) is 0 Å². The van der Waals surface area contributed by atoms with Gasteiger partial charge in [-0.15, -0.1) is 0 Å². The van der Waals surface area contributed by atoms with Crippen LogP contribution in [0.25, 0.3) is 0 Å². The molecule has 126 valence electrons. The molecule has 1 atom stereocenters. The maximum Gasteiger partial charge on any atom is 0.260 e. The van der Waals surface area contributed by atoms with Gasteiger partial charge < -0.3 is 10.3 Å². The zero-order chi connectivity index (χ0) is 16.9. The fraction of sp³-hybridized carbons (Fsp3) is 0.353. The molecule has 3 rings (SSSR count). The van der Waals surface area contributed by atoms with Gasteiger partial charge in [-0.25, -0.2) is 4.39 Å². The molecule has 1 saturated heterocycles. The first-order chi connectivity index (χ1) is 11.6. The van der Waals surface area contributed by atoms with E-state index in [1.165, 1.54) is 18.5 Å². The van der Waals surface area contributed by atoms with E-state index < -0.39 is 5.56 Å². The van der Waals surface area contributed by atoms with Crippen molar-refractivity contribution in [1.82, 2.24) is 20.2 Å². The number of rotatable bonds is 5. The minimum absolute atomic E-state index is 0.117. The predicted octanol–water partition coefficient (Wildman–Crippen LogP) is 1.16. The van der Waals surface area contributed by atoms with Crippen LogP contribution < -0.4 is 10.9 Å². The number of amides is 1.